The normalized spacial score (nSPS) is 12.6. The average molecular weight is 666 g/mol. The summed E-state index contributed by atoms with van der Waals surface area (Å²) in [6, 6.07) is 60.9. The van der Waals surface area contributed by atoms with Crippen LogP contribution < -0.4 is 0 Å². The second-order valence-corrected chi connectivity index (χ2v) is 13.5. The molecule has 10 aromatic rings. The Morgan fingerprint density at radius 1 is 0.423 bits per heavy atom. The minimum Gasteiger partial charge on any atom is -0.313 e. The Morgan fingerprint density at radius 3 is 1.27 bits per heavy atom. The minimum atomic E-state index is 0.919. The number of fused-ring (bicyclic) bond motifs is 9. The van der Waals surface area contributed by atoms with Crippen LogP contribution in [0.3, 0.4) is 0 Å². The molecule has 0 amide bonds. The largest absolute Gasteiger partial charge is 0.313 e. The molecule has 0 spiro atoms. The molecule has 3 heteroatoms. The second kappa shape index (κ2) is 11.9. The maximum absolute atomic E-state index is 4.86. The highest BCUT2D eigenvalue weighted by molar-refractivity contribution is 6.14. The van der Waals surface area contributed by atoms with Crippen molar-refractivity contribution in [1.29, 1.82) is 0 Å². The third-order valence-corrected chi connectivity index (χ3v) is 10.6. The molecular weight excluding hydrogens is 631 g/mol. The lowest BCUT2D eigenvalue weighted by Crippen LogP contribution is -2.01. The summed E-state index contributed by atoms with van der Waals surface area (Å²) in [6.45, 7) is 7.06. The van der Waals surface area contributed by atoms with E-state index in [-0.39, 0.29) is 0 Å². The van der Waals surface area contributed by atoms with E-state index in [1.54, 1.807) is 0 Å². The number of nitrogens with zero attached hydrogens (tertiary/aromatic N) is 3. The number of aromatic nitrogens is 3. The van der Waals surface area contributed by atoms with Gasteiger partial charge in [0.05, 0.1) is 33.1 Å². The van der Waals surface area contributed by atoms with Crippen molar-refractivity contribution in [2.24, 2.45) is 0 Å². The fourth-order valence-electron chi connectivity index (χ4n) is 8.29. The monoisotopic (exact) mass is 665 g/mol. The van der Waals surface area contributed by atoms with Crippen molar-refractivity contribution < 1.29 is 0 Å². The molecule has 0 fully saturated rings. The molecule has 3 aromatic heterocycles. The van der Waals surface area contributed by atoms with Gasteiger partial charge in [-0.1, -0.05) is 134 Å². The molecule has 10 rings (SSSR count). The zero-order valence-corrected chi connectivity index (χ0v) is 28.9. The number of hydrogen-bond acceptors (Lipinski definition) is 0. The van der Waals surface area contributed by atoms with Crippen molar-refractivity contribution in [2.75, 3.05) is 0 Å². The molecule has 0 radical (unpaired) electrons. The molecule has 0 N–H and O–H groups in total. The van der Waals surface area contributed by atoms with Crippen LogP contribution in [0.2, 0.25) is 0 Å². The number of hydrogen-bond donors (Lipinski definition) is 0. The first-order valence-corrected chi connectivity index (χ1v) is 17.8. The summed E-state index contributed by atoms with van der Waals surface area (Å²) >= 11 is 0. The van der Waals surface area contributed by atoms with E-state index in [4.69, 9.17) is 6.58 Å². The molecule has 3 heterocycles. The van der Waals surface area contributed by atoms with Crippen LogP contribution in [0.4, 0.5) is 0 Å². The molecule has 0 aliphatic rings. The molecule has 52 heavy (non-hydrogen) atoms. The quantitative estimate of drug-likeness (QED) is 0.157. The maximum Gasteiger partial charge on any atom is 0.0541 e. The second-order valence-electron chi connectivity index (χ2n) is 13.5. The van der Waals surface area contributed by atoms with Crippen molar-refractivity contribution in [2.45, 2.75) is 6.92 Å². The summed E-state index contributed by atoms with van der Waals surface area (Å²) in [4.78, 5) is 0. The Hall–Kier alpha value is -6.84. The molecule has 7 aromatic carbocycles. The van der Waals surface area contributed by atoms with Gasteiger partial charge in [0.2, 0.25) is 0 Å². The lowest BCUT2D eigenvalue weighted by molar-refractivity contribution is 1.18. The van der Waals surface area contributed by atoms with Crippen molar-refractivity contribution in [3.8, 4) is 5.69 Å². The van der Waals surface area contributed by atoms with E-state index in [9.17, 15) is 0 Å². The molecule has 0 unspecified atom stereocenters. The third kappa shape index (κ3) is 4.53. The Kier molecular flexibility index (Phi) is 6.87. The first-order chi connectivity index (χ1) is 25.7. The molecule has 0 aliphatic carbocycles. The van der Waals surface area contributed by atoms with Gasteiger partial charge in [0.15, 0.2) is 0 Å². The summed E-state index contributed by atoms with van der Waals surface area (Å²) in [6.07, 6.45) is 4.51. The van der Waals surface area contributed by atoms with Crippen LogP contribution in [-0.2, 0) is 0 Å². The van der Waals surface area contributed by atoms with Crippen LogP contribution in [0.15, 0.2) is 189 Å². The molecule has 3 nitrogen and oxygen atoms in total. The molecule has 0 saturated heterocycles. The van der Waals surface area contributed by atoms with Gasteiger partial charge in [-0.2, -0.15) is 0 Å². The van der Waals surface area contributed by atoms with Crippen LogP contribution in [-0.4, -0.2) is 13.7 Å². The topological polar surface area (TPSA) is 14.8 Å². The van der Waals surface area contributed by atoms with E-state index < -0.39 is 0 Å². The Morgan fingerprint density at radius 2 is 0.808 bits per heavy atom. The van der Waals surface area contributed by atoms with Crippen molar-refractivity contribution in [1.82, 2.24) is 13.7 Å². The first kappa shape index (κ1) is 30.0. The van der Waals surface area contributed by atoms with Gasteiger partial charge in [0, 0.05) is 55.0 Å². The Balaban J connectivity index is 1.21. The SMILES string of the molecule is C=C(/C(=C\C=C(/C)n1c2ccccc2c2ccccc21)c1cccc(-n2c3ccccc3c3ccccc32)c1)n1c2ccccc2c2ccccc21. The van der Waals surface area contributed by atoms with Gasteiger partial charge in [0.25, 0.3) is 0 Å². The Labute approximate surface area is 301 Å². The zero-order chi connectivity index (χ0) is 34.8. The highest BCUT2D eigenvalue weighted by atomic mass is 15.0. The van der Waals surface area contributed by atoms with Crippen LogP contribution in [0.1, 0.15) is 12.5 Å². The molecule has 0 aliphatic heterocycles. The minimum absolute atomic E-state index is 0.919. The highest BCUT2D eigenvalue weighted by Crippen LogP contribution is 2.38. The molecule has 246 valence electrons. The molecule has 0 saturated carbocycles. The van der Waals surface area contributed by atoms with Gasteiger partial charge in [-0.3, -0.25) is 0 Å². The van der Waals surface area contributed by atoms with Crippen LogP contribution >= 0.6 is 0 Å². The first-order valence-electron chi connectivity index (χ1n) is 17.8. The number of rotatable bonds is 6. The van der Waals surface area contributed by atoms with Gasteiger partial charge in [0.1, 0.15) is 0 Å². The van der Waals surface area contributed by atoms with Crippen LogP contribution in [0.5, 0.6) is 0 Å². The Bertz CT molecular complexity index is 2940. The predicted molar refractivity (Wildman–Crippen MR) is 223 cm³/mol. The van der Waals surface area contributed by atoms with Crippen molar-refractivity contribution in [3.63, 3.8) is 0 Å². The lowest BCUT2D eigenvalue weighted by atomic mass is 10.0. The smallest absolute Gasteiger partial charge is 0.0541 e. The maximum atomic E-state index is 4.86. The van der Waals surface area contributed by atoms with Gasteiger partial charge in [-0.05, 0) is 67.1 Å². The average Bonchev–Trinajstić information content (AvgIpc) is 3.84. The van der Waals surface area contributed by atoms with Crippen LogP contribution in [0, 0.1) is 0 Å². The van der Waals surface area contributed by atoms with Crippen molar-refractivity contribution in [3.05, 3.63) is 194 Å². The summed E-state index contributed by atoms with van der Waals surface area (Å²) in [7, 11) is 0. The zero-order valence-electron chi connectivity index (χ0n) is 28.9. The van der Waals surface area contributed by atoms with Gasteiger partial charge < -0.3 is 13.7 Å². The lowest BCUT2D eigenvalue weighted by Gasteiger charge is -2.17. The number of benzene rings is 7. The van der Waals surface area contributed by atoms with Crippen LogP contribution in [0.25, 0.3) is 88.1 Å². The predicted octanol–water partition coefficient (Wildman–Crippen LogP) is 13.1. The van der Waals surface area contributed by atoms with E-state index in [1.807, 2.05) is 0 Å². The van der Waals surface area contributed by atoms with E-state index in [0.717, 1.165) is 39.3 Å². The molecule has 0 bridgehead atoms. The fraction of sp³-hybridized carbons (Fsp3) is 0.0204. The fourth-order valence-corrected chi connectivity index (χ4v) is 8.29. The number of allylic oxidation sites excluding steroid dienone is 5. The van der Waals surface area contributed by atoms with Gasteiger partial charge in [-0.25, -0.2) is 0 Å². The summed E-state index contributed by atoms with van der Waals surface area (Å²) in [5.74, 6) is 0. The standard InChI is InChI=1S/C49H35N3/c1-33(50-44-24-9-3-18-38(44)39-19-4-10-25-45(39)50)30-31-37(34(2)51-46-26-11-5-20-40(46)41-21-6-12-27-47(41)51)35-16-15-17-36(32-35)52-48-28-13-7-22-42(48)43-23-8-14-29-49(43)52/h3-32H,2H2,1H3/b33-30+,37-31+. The van der Waals surface area contributed by atoms with E-state index in [2.05, 4.69) is 203 Å². The van der Waals surface area contributed by atoms with Gasteiger partial charge in [-0.15, -0.1) is 0 Å². The van der Waals surface area contributed by atoms with Gasteiger partial charge >= 0.3 is 0 Å². The van der Waals surface area contributed by atoms with Crippen molar-refractivity contribution >= 4 is 82.4 Å². The third-order valence-electron chi connectivity index (χ3n) is 10.6. The molecular formula is C49H35N3. The highest BCUT2D eigenvalue weighted by Gasteiger charge is 2.18. The summed E-state index contributed by atoms with van der Waals surface area (Å²) in [5, 5.41) is 7.44. The van der Waals surface area contributed by atoms with E-state index >= 15 is 0 Å². The molecule has 0 atom stereocenters. The van der Waals surface area contributed by atoms with E-state index in [1.165, 1.54) is 54.4 Å². The summed E-state index contributed by atoms with van der Waals surface area (Å²) in [5.41, 5.74) is 12.4. The van der Waals surface area contributed by atoms with E-state index in [0.29, 0.717) is 0 Å². The number of para-hydroxylation sites is 6. The summed E-state index contributed by atoms with van der Waals surface area (Å²) < 4.78 is 7.08.